The molecule has 2 heteroatoms. The van der Waals surface area contributed by atoms with E-state index in [0.29, 0.717) is 5.92 Å². The lowest BCUT2D eigenvalue weighted by molar-refractivity contribution is 0.500. The molecule has 1 nitrogen and oxygen atoms in total. The quantitative estimate of drug-likeness (QED) is 0.856. The number of hydrogen-bond donors (Lipinski definition) is 1. The molecule has 0 aliphatic heterocycles. The van der Waals surface area contributed by atoms with Crippen LogP contribution in [0.25, 0.3) is 0 Å². The van der Waals surface area contributed by atoms with E-state index in [4.69, 9.17) is 17.3 Å². The minimum Gasteiger partial charge on any atom is -0.323 e. The smallest absolute Gasteiger partial charge is 0.0453 e. The largest absolute Gasteiger partial charge is 0.323 e. The number of rotatable bonds is 2. The molecule has 1 aliphatic carbocycles. The van der Waals surface area contributed by atoms with Crippen molar-refractivity contribution in [2.45, 2.75) is 18.4 Å². The van der Waals surface area contributed by atoms with Gasteiger partial charge in [-0.15, -0.1) is 0 Å². The van der Waals surface area contributed by atoms with E-state index in [0.717, 1.165) is 17.0 Å². The van der Waals surface area contributed by atoms with Gasteiger partial charge in [0.05, 0.1) is 0 Å². The van der Waals surface area contributed by atoms with Gasteiger partial charge in [0.25, 0.3) is 0 Å². The SMILES string of the molecule is NC(c1ccccc1Cl)C1Cc2ccccc21. The zero-order valence-electron chi connectivity index (χ0n) is 9.44. The van der Waals surface area contributed by atoms with Gasteiger partial charge >= 0.3 is 0 Å². The fourth-order valence-corrected chi connectivity index (χ4v) is 2.84. The Bertz CT molecular complexity index is 550. The Morgan fingerprint density at radius 2 is 1.76 bits per heavy atom. The maximum absolute atomic E-state index is 6.33. The van der Waals surface area contributed by atoms with Crippen molar-refractivity contribution < 1.29 is 0 Å². The van der Waals surface area contributed by atoms with Crippen LogP contribution in [0.3, 0.4) is 0 Å². The summed E-state index contributed by atoms with van der Waals surface area (Å²) in [6.45, 7) is 0. The lowest BCUT2D eigenvalue weighted by Gasteiger charge is -2.35. The Morgan fingerprint density at radius 3 is 2.53 bits per heavy atom. The predicted octanol–water partition coefficient (Wildman–Crippen LogP) is 3.68. The lowest BCUT2D eigenvalue weighted by atomic mass is 9.72. The van der Waals surface area contributed by atoms with Gasteiger partial charge in [0, 0.05) is 17.0 Å². The molecule has 3 rings (SSSR count). The summed E-state index contributed by atoms with van der Waals surface area (Å²) in [4.78, 5) is 0. The molecule has 0 bridgehead atoms. The third-order valence-corrected chi connectivity index (χ3v) is 3.94. The molecule has 0 amide bonds. The van der Waals surface area contributed by atoms with Gasteiger partial charge in [-0.25, -0.2) is 0 Å². The summed E-state index contributed by atoms with van der Waals surface area (Å²) < 4.78 is 0. The molecule has 0 saturated heterocycles. The summed E-state index contributed by atoms with van der Waals surface area (Å²) in [5.41, 5.74) is 10.2. The normalized spacial score (nSPS) is 19.3. The van der Waals surface area contributed by atoms with E-state index < -0.39 is 0 Å². The first kappa shape index (κ1) is 10.8. The Kier molecular flexibility index (Phi) is 2.65. The fraction of sp³-hybridized carbons (Fsp3) is 0.200. The van der Waals surface area contributed by atoms with Gasteiger partial charge in [0.1, 0.15) is 0 Å². The third-order valence-electron chi connectivity index (χ3n) is 3.59. The predicted molar refractivity (Wildman–Crippen MR) is 71.3 cm³/mol. The van der Waals surface area contributed by atoms with Crippen LogP contribution in [0.1, 0.15) is 28.7 Å². The van der Waals surface area contributed by atoms with Crippen molar-refractivity contribution in [3.63, 3.8) is 0 Å². The van der Waals surface area contributed by atoms with Gasteiger partial charge in [-0.2, -0.15) is 0 Å². The van der Waals surface area contributed by atoms with Gasteiger partial charge in [0.15, 0.2) is 0 Å². The van der Waals surface area contributed by atoms with Crippen molar-refractivity contribution in [1.29, 1.82) is 0 Å². The van der Waals surface area contributed by atoms with Gasteiger partial charge in [0.2, 0.25) is 0 Å². The Hall–Kier alpha value is -1.31. The number of fused-ring (bicyclic) bond motifs is 1. The summed E-state index contributed by atoms with van der Waals surface area (Å²) in [6, 6.07) is 16.3. The standard InChI is InChI=1S/C15H14ClN/c16-14-8-4-3-7-12(14)15(17)13-9-10-5-1-2-6-11(10)13/h1-8,13,15H,9,17H2. The van der Waals surface area contributed by atoms with Crippen LogP contribution in [-0.2, 0) is 6.42 Å². The van der Waals surface area contributed by atoms with Crippen LogP contribution < -0.4 is 5.73 Å². The monoisotopic (exact) mass is 243 g/mol. The van der Waals surface area contributed by atoms with Crippen LogP contribution >= 0.6 is 11.6 Å². The van der Waals surface area contributed by atoms with E-state index in [9.17, 15) is 0 Å². The van der Waals surface area contributed by atoms with E-state index in [-0.39, 0.29) is 6.04 Å². The minimum absolute atomic E-state index is 0.00130. The molecule has 0 aromatic heterocycles. The van der Waals surface area contributed by atoms with E-state index >= 15 is 0 Å². The highest BCUT2D eigenvalue weighted by Gasteiger charge is 2.32. The summed E-state index contributed by atoms with van der Waals surface area (Å²) in [7, 11) is 0. The Labute approximate surface area is 106 Å². The van der Waals surface area contributed by atoms with Gasteiger partial charge in [-0.1, -0.05) is 54.1 Å². The average Bonchev–Trinajstić information content (AvgIpc) is 2.31. The summed E-state index contributed by atoms with van der Waals surface area (Å²) in [5.74, 6) is 0.408. The van der Waals surface area contributed by atoms with Crippen molar-refractivity contribution in [1.82, 2.24) is 0 Å². The second kappa shape index (κ2) is 4.17. The number of benzene rings is 2. The van der Waals surface area contributed by atoms with Crippen LogP contribution in [0.2, 0.25) is 5.02 Å². The molecule has 86 valence electrons. The second-order valence-corrected chi connectivity index (χ2v) is 4.96. The van der Waals surface area contributed by atoms with Crippen LogP contribution in [0.5, 0.6) is 0 Å². The van der Waals surface area contributed by atoms with Crippen molar-refractivity contribution in [3.05, 3.63) is 70.2 Å². The molecule has 0 heterocycles. The number of nitrogens with two attached hydrogens (primary N) is 1. The molecule has 1 aliphatic rings. The van der Waals surface area contributed by atoms with Gasteiger partial charge < -0.3 is 5.73 Å². The number of halogens is 1. The highest BCUT2D eigenvalue weighted by Crippen LogP contribution is 2.43. The number of hydrogen-bond acceptors (Lipinski definition) is 1. The first-order valence-electron chi connectivity index (χ1n) is 5.85. The molecule has 2 N–H and O–H groups in total. The maximum atomic E-state index is 6.33. The van der Waals surface area contributed by atoms with Crippen molar-refractivity contribution in [3.8, 4) is 0 Å². The minimum atomic E-state index is -0.00130. The first-order valence-corrected chi connectivity index (χ1v) is 6.23. The topological polar surface area (TPSA) is 26.0 Å². The summed E-state index contributed by atoms with van der Waals surface area (Å²) in [5, 5.41) is 0.768. The molecular weight excluding hydrogens is 230 g/mol. The van der Waals surface area contributed by atoms with Crippen LogP contribution in [-0.4, -0.2) is 0 Å². The van der Waals surface area contributed by atoms with Gasteiger partial charge in [-0.05, 0) is 29.2 Å². The zero-order valence-corrected chi connectivity index (χ0v) is 10.2. The lowest BCUT2D eigenvalue weighted by Crippen LogP contribution is -2.29. The molecule has 2 aromatic rings. The molecule has 0 saturated carbocycles. The van der Waals surface area contributed by atoms with Gasteiger partial charge in [-0.3, -0.25) is 0 Å². The highest BCUT2D eigenvalue weighted by molar-refractivity contribution is 6.31. The van der Waals surface area contributed by atoms with Crippen LogP contribution in [0, 0.1) is 0 Å². The molecule has 2 atom stereocenters. The Balaban J connectivity index is 1.91. The second-order valence-electron chi connectivity index (χ2n) is 4.56. The summed E-state index contributed by atoms with van der Waals surface area (Å²) >= 11 is 6.19. The third kappa shape index (κ3) is 1.76. The molecule has 2 aromatic carbocycles. The molecule has 17 heavy (non-hydrogen) atoms. The van der Waals surface area contributed by atoms with E-state index in [1.807, 2.05) is 24.3 Å². The molecular formula is C15H14ClN. The molecule has 2 unspecified atom stereocenters. The van der Waals surface area contributed by atoms with Crippen LogP contribution in [0.4, 0.5) is 0 Å². The van der Waals surface area contributed by atoms with Crippen molar-refractivity contribution in [2.24, 2.45) is 5.73 Å². The Morgan fingerprint density at radius 1 is 1.06 bits per heavy atom. The zero-order chi connectivity index (χ0) is 11.8. The van der Waals surface area contributed by atoms with E-state index in [1.165, 1.54) is 11.1 Å². The molecule has 0 radical (unpaired) electrons. The maximum Gasteiger partial charge on any atom is 0.0453 e. The molecule has 0 fully saturated rings. The molecule has 0 spiro atoms. The summed E-state index contributed by atoms with van der Waals surface area (Å²) in [6.07, 6.45) is 1.06. The fourth-order valence-electron chi connectivity index (χ4n) is 2.58. The van der Waals surface area contributed by atoms with E-state index in [2.05, 4.69) is 24.3 Å². The van der Waals surface area contributed by atoms with Crippen molar-refractivity contribution in [2.75, 3.05) is 0 Å². The average molecular weight is 244 g/mol. The highest BCUT2D eigenvalue weighted by atomic mass is 35.5. The first-order chi connectivity index (χ1) is 8.27. The van der Waals surface area contributed by atoms with Crippen LogP contribution in [0.15, 0.2) is 48.5 Å². The van der Waals surface area contributed by atoms with E-state index in [1.54, 1.807) is 0 Å². The van der Waals surface area contributed by atoms with Crippen molar-refractivity contribution >= 4 is 11.6 Å².